The number of thioether (sulfide) groups is 1. The molecule has 0 spiro atoms. The second-order valence-electron chi connectivity index (χ2n) is 3.51. The Hall–Kier alpha value is -0.800. The molecule has 2 rings (SSSR count). The normalized spacial score (nSPS) is 10.6. The van der Waals surface area contributed by atoms with E-state index < -0.39 is 0 Å². The van der Waals surface area contributed by atoms with Crippen LogP contribution >= 0.6 is 23.1 Å². The van der Waals surface area contributed by atoms with Crippen molar-refractivity contribution in [3.63, 3.8) is 0 Å². The molecule has 0 unspecified atom stereocenters. The predicted octanol–water partition coefficient (Wildman–Crippen LogP) is 4.15. The molecule has 0 aliphatic carbocycles. The molecule has 0 fully saturated rings. The van der Waals surface area contributed by atoms with Gasteiger partial charge in [0.15, 0.2) is 0 Å². The lowest BCUT2D eigenvalue weighted by atomic mass is 10.0. The van der Waals surface area contributed by atoms with Crippen LogP contribution in [0.25, 0.3) is 11.3 Å². The van der Waals surface area contributed by atoms with Gasteiger partial charge in [-0.05, 0) is 43.4 Å². The van der Waals surface area contributed by atoms with E-state index in [1.54, 1.807) is 23.1 Å². The summed E-state index contributed by atoms with van der Waals surface area (Å²) in [6.07, 6.45) is 2.11. The summed E-state index contributed by atoms with van der Waals surface area (Å²) >= 11 is 3.43. The lowest BCUT2D eigenvalue weighted by molar-refractivity contribution is 1.27. The minimum Gasteiger partial charge on any atom is -0.245 e. The first-order chi connectivity index (χ1) is 7.22. The van der Waals surface area contributed by atoms with Crippen molar-refractivity contribution in [2.45, 2.75) is 18.7 Å². The van der Waals surface area contributed by atoms with Crippen LogP contribution in [-0.4, -0.2) is 11.2 Å². The van der Waals surface area contributed by atoms with Crippen LogP contribution in [0.3, 0.4) is 0 Å². The second-order valence-corrected chi connectivity index (χ2v) is 5.11. The molecule has 3 heteroatoms. The Morgan fingerprint density at radius 3 is 2.33 bits per heavy atom. The van der Waals surface area contributed by atoms with Crippen molar-refractivity contribution < 1.29 is 0 Å². The van der Waals surface area contributed by atoms with Crippen molar-refractivity contribution in [3.05, 3.63) is 34.2 Å². The largest absolute Gasteiger partial charge is 0.245 e. The summed E-state index contributed by atoms with van der Waals surface area (Å²) in [5.41, 5.74) is 6.89. The van der Waals surface area contributed by atoms with Crippen LogP contribution in [-0.2, 0) is 0 Å². The van der Waals surface area contributed by atoms with Gasteiger partial charge in [-0.1, -0.05) is 0 Å². The summed E-state index contributed by atoms with van der Waals surface area (Å²) in [7, 11) is 0. The maximum atomic E-state index is 4.38. The molecule has 1 heterocycles. The van der Waals surface area contributed by atoms with Gasteiger partial charge in [0.05, 0.1) is 11.2 Å². The molecule has 78 valence electrons. The predicted molar refractivity (Wildman–Crippen MR) is 68.8 cm³/mol. The van der Waals surface area contributed by atoms with Crippen molar-refractivity contribution >= 4 is 23.1 Å². The van der Waals surface area contributed by atoms with Gasteiger partial charge in [-0.25, -0.2) is 4.98 Å². The second kappa shape index (κ2) is 4.37. The van der Waals surface area contributed by atoms with Crippen molar-refractivity contribution in [3.8, 4) is 11.3 Å². The van der Waals surface area contributed by atoms with E-state index in [0.717, 1.165) is 5.69 Å². The summed E-state index contributed by atoms with van der Waals surface area (Å²) in [6, 6.07) is 4.46. The molecular formula is C12H13NS2. The van der Waals surface area contributed by atoms with E-state index in [1.807, 2.05) is 5.51 Å². The third-order valence-corrected chi connectivity index (χ3v) is 3.72. The van der Waals surface area contributed by atoms with Gasteiger partial charge in [-0.3, -0.25) is 0 Å². The third kappa shape index (κ3) is 2.08. The van der Waals surface area contributed by atoms with E-state index in [2.05, 4.69) is 42.6 Å². The average Bonchev–Trinajstić information content (AvgIpc) is 2.69. The molecule has 0 aliphatic heterocycles. The van der Waals surface area contributed by atoms with Gasteiger partial charge in [0.2, 0.25) is 0 Å². The molecule has 0 saturated carbocycles. The number of aromatic nitrogens is 1. The van der Waals surface area contributed by atoms with Gasteiger partial charge < -0.3 is 0 Å². The molecule has 2 aromatic rings. The molecule has 0 bridgehead atoms. The van der Waals surface area contributed by atoms with Crippen LogP contribution in [0.4, 0.5) is 0 Å². The van der Waals surface area contributed by atoms with Crippen molar-refractivity contribution in [2.24, 2.45) is 0 Å². The Morgan fingerprint density at radius 2 is 1.87 bits per heavy atom. The molecule has 0 N–H and O–H groups in total. The van der Waals surface area contributed by atoms with Crippen LogP contribution in [0, 0.1) is 13.8 Å². The monoisotopic (exact) mass is 235 g/mol. The number of aryl methyl sites for hydroxylation is 2. The van der Waals surface area contributed by atoms with Gasteiger partial charge in [0.25, 0.3) is 0 Å². The first-order valence-electron chi connectivity index (χ1n) is 4.76. The minimum atomic E-state index is 1.10. The quantitative estimate of drug-likeness (QED) is 0.725. The lowest BCUT2D eigenvalue weighted by Gasteiger charge is -2.09. The van der Waals surface area contributed by atoms with Crippen molar-refractivity contribution in [1.29, 1.82) is 0 Å². The zero-order chi connectivity index (χ0) is 10.8. The molecule has 1 aromatic carbocycles. The van der Waals surface area contributed by atoms with E-state index in [1.165, 1.54) is 21.6 Å². The number of thiazole rings is 1. The van der Waals surface area contributed by atoms with Crippen LogP contribution in [0.5, 0.6) is 0 Å². The van der Waals surface area contributed by atoms with Gasteiger partial charge in [0.1, 0.15) is 0 Å². The smallest absolute Gasteiger partial charge is 0.0816 e. The molecule has 0 radical (unpaired) electrons. The Balaban J connectivity index is 2.58. The fourth-order valence-electron chi connectivity index (χ4n) is 1.78. The summed E-state index contributed by atoms with van der Waals surface area (Å²) in [4.78, 5) is 5.70. The maximum absolute atomic E-state index is 4.38. The zero-order valence-corrected chi connectivity index (χ0v) is 10.7. The number of hydrogen-bond donors (Lipinski definition) is 0. The number of benzene rings is 1. The van der Waals surface area contributed by atoms with Crippen molar-refractivity contribution in [1.82, 2.24) is 4.98 Å². The molecule has 0 atom stereocenters. The molecule has 1 nitrogen and oxygen atoms in total. The highest BCUT2D eigenvalue weighted by atomic mass is 32.2. The van der Waals surface area contributed by atoms with Crippen molar-refractivity contribution in [2.75, 3.05) is 6.26 Å². The molecule has 15 heavy (non-hydrogen) atoms. The molecule has 1 aromatic heterocycles. The summed E-state index contributed by atoms with van der Waals surface area (Å²) in [5.74, 6) is 0. The fourth-order valence-corrected chi connectivity index (χ4v) is 2.91. The Morgan fingerprint density at radius 1 is 1.20 bits per heavy atom. The van der Waals surface area contributed by atoms with Crippen LogP contribution in [0.1, 0.15) is 11.1 Å². The first-order valence-corrected chi connectivity index (χ1v) is 6.93. The Bertz CT molecular complexity index is 437. The Kier molecular flexibility index (Phi) is 3.12. The van der Waals surface area contributed by atoms with Gasteiger partial charge >= 0.3 is 0 Å². The fraction of sp³-hybridized carbons (Fsp3) is 0.250. The molecular weight excluding hydrogens is 222 g/mol. The van der Waals surface area contributed by atoms with Gasteiger partial charge in [0, 0.05) is 15.8 Å². The first kappa shape index (κ1) is 10.7. The van der Waals surface area contributed by atoms with E-state index in [4.69, 9.17) is 0 Å². The molecule has 0 amide bonds. The molecule has 0 aliphatic rings. The van der Waals surface area contributed by atoms with E-state index >= 15 is 0 Å². The highest BCUT2D eigenvalue weighted by Gasteiger charge is 2.08. The lowest BCUT2D eigenvalue weighted by Crippen LogP contribution is -1.89. The Labute approximate surface area is 98.6 Å². The van der Waals surface area contributed by atoms with Crippen LogP contribution < -0.4 is 0 Å². The standard InChI is InChI=1S/C12H13NS2/c1-8-4-10(14-3)5-9(2)12(8)11-6-15-7-13-11/h4-7H,1-3H3. The summed E-state index contributed by atoms with van der Waals surface area (Å²) in [6.45, 7) is 4.31. The topological polar surface area (TPSA) is 12.9 Å². The number of nitrogens with zero attached hydrogens (tertiary/aromatic N) is 1. The zero-order valence-electron chi connectivity index (χ0n) is 9.07. The summed E-state index contributed by atoms with van der Waals surface area (Å²) < 4.78 is 0. The minimum absolute atomic E-state index is 1.10. The SMILES string of the molecule is CSc1cc(C)c(-c2cscn2)c(C)c1. The third-order valence-electron chi connectivity index (χ3n) is 2.43. The van der Waals surface area contributed by atoms with Gasteiger partial charge in [-0.2, -0.15) is 0 Å². The van der Waals surface area contributed by atoms with E-state index in [9.17, 15) is 0 Å². The average molecular weight is 235 g/mol. The number of hydrogen-bond acceptors (Lipinski definition) is 3. The van der Waals surface area contributed by atoms with Gasteiger partial charge in [-0.15, -0.1) is 23.1 Å². The maximum Gasteiger partial charge on any atom is 0.0816 e. The molecule has 0 saturated heterocycles. The number of rotatable bonds is 2. The highest BCUT2D eigenvalue weighted by molar-refractivity contribution is 7.98. The highest BCUT2D eigenvalue weighted by Crippen LogP contribution is 2.30. The van der Waals surface area contributed by atoms with E-state index in [0.29, 0.717) is 0 Å². The van der Waals surface area contributed by atoms with Crippen LogP contribution in [0.15, 0.2) is 27.9 Å². The van der Waals surface area contributed by atoms with E-state index in [-0.39, 0.29) is 0 Å². The van der Waals surface area contributed by atoms with Crippen LogP contribution in [0.2, 0.25) is 0 Å². The summed E-state index contributed by atoms with van der Waals surface area (Å²) in [5, 5.41) is 2.11.